The normalized spacial score (nSPS) is 11.0. The van der Waals surface area contributed by atoms with E-state index in [0.29, 0.717) is 22.5 Å². The van der Waals surface area contributed by atoms with Gasteiger partial charge in [0.1, 0.15) is 0 Å². The van der Waals surface area contributed by atoms with Crippen LogP contribution in [0, 0.1) is 0 Å². The first-order chi connectivity index (χ1) is 17.3. The van der Waals surface area contributed by atoms with Gasteiger partial charge >= 0.3 is 0 Å². The summed E-state index contributed by atoms with van der Waals surface area (Å²) in [5.41, 5.74) is 4.85. The summed E-state index contributed by atoms with van der Waals surface area (Å²) >= 11 is 6.55. The second kappa shape index (κ2) is 9.13. The van der Waals surface area contributed by atoms with E-state index in [2.05, 4.69) is 60.7 Å². The van der Waals surface area contributed by atoms with Gasteiger partial charge in [-0.2, -0.15) is 0 Å². The van der Waals surface area contributed by atoms with E-state index < -0.39 is 0 Å². The summed E-state index contributed by atoms with van der Waals surface area (Å²) in [4.78, 5) is 14.7. The van der Waals surface area contributed by atoms with Gasteiger partial charge in [0.2, 0.25) is 0 Å². The molecule has 0 radical (unpaired) electrons. The number of nitrogens with zero attached hydrogens (tertiary/aromatic N) is 3. The molecule has 0 aliphatic carbocycles. The van der Waals surface area contributed by atoms with Gasteiger partial charge in [0.15, 0.2) is 17.5 Å². The van der Waals surface area contributed by atoms with Crippen LogP contribution in [-0.2, 0) is 0 Å². The second-order valence-corrected chi connectivity index (χ2v) is 8.63. The molecule has 5 aromatic carbocycles. The predicted octanol–water partition coefficient (Wildman–Crippen LogP) is 8.35. The van der Waals surface area contributed by atoms with Crippen molar-refractivity contribution in [2.45, 2.75) is 0 Å². The Balaban J connectivity index is 1.61. The summed E-state index contributed by atoms with van der Waals surface area (Å²) < 4.78 is 0. The maximum atomic E-state index is 6.55. The largest absolute Gasteiger partial charge is 0.208 e. The zero-order chi connectivity index (χ0) is 23.6. The van der Waals surface area contributed by atoms with E-state index in [-0.39, 0.29) is 0 Å². The predicted molar refractivity (Wildman–Crippen MR) is 144 cm³/mol. The molecule has 0 aliphatic rings. The van der Waals surface area contributed by atoms with Crippen molar-refractivity contribution in [3.05, 3.63) is 126 Å². The zero-order valence-electron chi connectivity index (χ0n) is 18.8. The zero-order valence-corrected chi connectivity index (χ0v) is 19.5. The van der Waals surface area contributed by atoms with Crippen LogP contribution in [0.25, 0.3) is 56.1 Å². The first-order valence-electron chi connectivity index (χ1n) is 11.4. The lowest BCUT2D eigenvalue weighted by molar-refractivity contribution is 1.07. The summed E-state index contributed by atoms with van der Waals surface area (Å²) in [6.07, 6.45) is 0. The Kier molecular flexibility index (Phi) is 5.53. The highest BCUT2D eigenvalue weighted by molar-refractivity contribution is 6.33. The lowest BCUT2D eigenvalue weighted by Crippen LogP contribution is -2.01. The highest BCUT2D eigenvalue weighted by Crippen LogP contribution is 2.36. The minimum absolute atomic E-state index is 0.548. The third-order valence-electron chi connectivity index (χ3n) is 6.03. The SMILES string of the molecule is Clc1ccccc1-c1nc(-c2ccccc2)nc(-c2ccccc2-c2cccc3ccccc23)n1. The standard InChI is InChI=1S/C31H20ClN3/c32-28-20-9-8-18-27(28)31-34-29(22-12-2-1-3-13-22)33-30(35-31)26-17-7-6-16-25(26)24-19-10-14-21-11-4-5-15-23(21)24/h1-20H. The minimum atomic E-state index is 0.548. The minimum Gasteiger partial charge on any atom is -0.208 e. The van der Waals surface area contributed by atoms with Gasteiger partial charge in [-0.1, -0.05) is 121 Å². The van der Waals surface area contributed by atoms with Gasteiger partial charge < -0.3 is 0 Å². The molecule has 166 valence electrons. The summed E-state index contributed by atoms with van der Waals surface area (Å²) in [7, 11) is 0. The van der Waals surface area contributed by atoms with Crippen LogP contribution < -0.4 is 0 Å². The van der Waals surface area contributed by atoms with Crippen LogP contribution >= 0.6 is 11.6 Å². The molecule has 0 amide bonds. The van der Waals surface area contributed by atoms with Crippen LogP contribution in [0.5, 0.6) is 0 Å². The Labute approximate surface area is 208 Å². The topological polar surface area (TPSA) is 38.7 Å². The lowest BCUT2D eigenvalue weighted by Gasteiger charge is -2.14. The quantitative estimate of drug-likeness (QED) is 0.260. The van der Waals surface area contributed by atoms with E-state index in [1.165, 1.54) is 10.8 Å². The van der Waals surface area contributed by atoms with Crippen molar-refractivity contribution in [2.24, 2.45) is 0 Å². The van der Waals surface area contributed by atoms with Crippen molar-refractivity contribution in [2.75, 3.05) is 0 Å². The van der Waals surface area contributed by atoms with E-state index in [0.717, 1.165) is 27.8 Å². The number of rotatable bonds is 4. The number of halogens is 1. The average Bonchev–Trinajstić information content (AvgIpc) is 2.93. The summed E-state index contributed by atoms with van der Waals surface area (Å²) in [5.74, 6) is 1.77. The summed E-state index contributed by atoms with van der Waals surface area (Å²) in [6, 6.07) is 40.6. The molecule has 6 rings (SSSR count). The molecule has 0 saturated carbocycles. The lowest BCUT2D eigenvalue weighted by atomic mass is 9.94. The van der Waals surface area contributed by atoms with Crippen LogP contribution in [0.15, 0.2) is 121 Å². The molecule has 0 atom stereocenters. The molecule has 1 heterocycles. The summed E-state index contributed by atoms with van der Waals surface area (Å²) in [6.45, 7) is 0. The Bertz CT molecular complexity index is 1660. The van der Waals surface area contributed by atoms with Gasteiger partial charge in [-0.15, -0.1) is 0 Å². The molecule has 4 heteroatoms. The number of benzene rings is 5. The third-order valence-corrected chi connectivity index (χ3v) is 6.36. The van der Waals surface area contributed by atoms with Gasteiger partial charge in [0, 0.05) is 16.7 Å². The van der Waals surface area contributed by atoms with E-state index in [1.54, 1.807) is 0 Å². The molecule has 0 saturated heterocycles. The van der Waals surface area contributed by atoms with Crippen LogP contribution in [0.3, 0.4) is 0 Å². The maximum Gasteiger partial charge on any atom is 0.165 e. The third kappa shape index (κ3) is 4.07. The molecular formula is C31H20ClN3. The van der Waals surface area contributed by atoms with E-state index >= 15 is 0 Å². The van der Waals surface area contributed by atoms with Crippen molar-refractivity contribution in [3.63, 3.8) is 0 Å². The van der Waals surface area contributed by atoms with Crippen LogP contribution in [-0.4, -0.2) is 15.0 Å². The Morgan fingerprint density at radius 1 is 0.400 bits per heavy atom. The van der Waals surface area contributed by atoms with Crippen molar-refractivity contribution >= 4 is 22.4 Å². The highest BCUT2D eigenvalue weighted by Gasteiger charge is 2.17. The second-order valence-electron chi connectivity index (χ2n) is 8.22. The highest BCUT2D eigenvalue weighted by atomic mass is 35.5. The molecule has 0 bridgehead atoms. The van der Waals surface area contributed by atoms with Gasteiger partial charge in [0.25, 0.3) is 0 Å². The first-order valence-corrected chi connectivity index (χ1v) is 11.8. The number of hydrogen-bond donors (Lipinski definition) is 0. The monoisotopic (exact) mass is 469 g/mol. The number of fused-ring (bicyclic) bond motifs is 1. The van der Waals surface area contributed by atoms with Crippen molar-refractivity contribution in [3.8, 4) is 45.3 Å². The fourth-order valence-electron chi connectivity index (χ4n) is 4.35. The fourth-order valence-corrected chi connectivity index (χ4v) is 4.57. The molecule has 1 aromatic heterocycles. The van der Waals surface area contributed by atoms with Gasteiger partial charge in [-0.05, 0) is 34.0 Å². The Hall–Kier alpha value is -4.34. The first kappa shape index (κ1) is 21.2. The molecular weight excluding hydrogens is 450 g/mol. The molecule has 6 aromatic rings. The molecule has 0 fully saturated rings. The van der Waals surface area contributed by atoms with E-state index in [9.17, 15) is 0 Å². The van der Waals surface area contributed by atoms with Crippen molar-refractivity contribution < 1.29 is 0 Å². The number of aromatic nitrogens is 3. The maximum absolute atomic E-state index is 6.55. The Morgan fingerprint density at radius 3 is 1.74 bits per heavy atom. The van der Waals surface area contributed by atoms with Crippen molar-refractivity contribution in [1.29, 1.82) is 0 Å². The average molecular weight is 470 g/mol. The molecule has 0 N–H and O–H groups in total. The summed E-state index contributed by atoms with van der Waals surface area (Å²) in [5, 5.41) is 2.98. The smallest absolute Gasteiger partial charge is 0.165 e. The molecule has 0 aliphatic heterocycles. The van der Waals surface area contributed by atoms with Gasteiger partial charge in [-0.3, -0.25) is 0 Å². The Morgan fingerprint density at radius 2 is 0.943 bits per heavy atom. The number of hydrogen-bond acceptors (Lipinski definition) is 3. The van der Waals surface area contributed by atoms with Crippen LogP contribution in [0.1, 0.15) is 0 Å². The molecule has 0 spiro atoms. The van der Waals surface area contributed by atoms with Gasteiger partial charge in [0.05, 0.1) is 5.02 Å². The fraction of sp³-hybridized carbons (Fsp3) is 0. The van der Waals surface area contributed by atoms with Gasteiger partial charge in [-0.25, -0.2) is 15.0 Å². The van der Waals surface area contributed by atoms with Crippen molar-refractivity contribution in [1.82, 2.24) is 15.0 Å². The van der Waals surface area contributed by atoms with Crippen LogP contribution in [0.4, 0.5) is 0 Å². The van der Waals surface area contributed by atoms with E-state index in [1.807, 2.05) is 60.7 Å². The van der Waals surface area contributed by atoms with E-state index in [4.69, 9.17) is 26.6 Å². The molecule has 3 nitrogen and oxygen atoms in total. The molecule has 0 unspecified atom stereocenters. The molecule has 35 heavy (non-hydrogen) atoms. The van der Waals surface area contributed by atoms with Crippen LogP contribution in [0.2, 0.25) is 5.02 Å².